The Kier molecular flexibility index (Phi) is 8.46. The molecule has 0 heterocycles. The van der Waals surface area contributed by atoms with Crippen LogP contribution in [0.4, 0.5) is 17.6 Å². The Morgan fingerprint density at radius 1 is 0.680 bits per heavy atom. The minimum Gasteiger partial charge on any atom is -0.375 e. The first-order valence-electron chi connectivity index (χ1n) is 9.80. The topological polar surface area (TPSA) is 18.5 Å². The van der Waals surface area contributed by atoms with Gasteiger partial charge in [0.2, 0.25) is 0 Å². The lowest BCUT2D eigenvalue weighted by Gasteiger charge is -2.43. The fraction of sp³-hybridized carbons (Fsp3) is 1.00. The summed E-state index contributed by atoms with van der Waals surface area (Å²) in [5.41, 5.74) is 0. The molecule has 25 heavy (non-hydrogen) atoms. The van der Waals surface area contributed by atoms with Gasteiger partial charge in [-0.15, -0.1) is 0 Å². The van der Waals surface area contributed by atoms with E-state index < -0.39 is 48.7 Å². The van der Waals surface area contributed by atoms with Crippen LogP contribution in [-0.4, -0.2) is 50.1 Å². The van der Waals surface area contributed by atoms with Crippen LogP contribution in [0, 0.1) is 11.8 Å². The fourth-order valence-electron chi connectivity index (χ4n) is 4.28. The van der Waals surface area contributed by atoms with E-state index in [-0.39, 0.29) is 0 Å². The maximum atomic E-state index is 14.6. The third-order valence-electron chi connectivity index (χ3n) is 5.72. The van der Waals surface area contributed by atoms with Crippen molar-refractivity contribution < 1.29 is 27.0 Å². The lowest BCUT2D eigenvalue weighted by atomic mass is 9.69. The van der Waals surface area contributed by atoms with Crippen LogP contribution in [0.2, 0.25) is 0 Å². The normalized spacial score (nSPS) is 42.5. The predicted molar refractivity (Wildman–Crippen MR) is 89.7 cm³/mol. The molecule has 2 rings (SSSR count). The van der Waals surface area contributed by atoms with Crippen molar-refractivity contribution in [3.05, 3.63) is 0 Å². The van der Waals surface area contributed by atoms with Crippen molar-refractivity contribution >= 4 is 0 Å². The first-order valence-corrected chi connectivity index (χ1v) is 9.80. The van der Waals surface area contributed by atoms with E-state index in [2.05, 4.69) is 6.92 Å². The molecule has 0 N–H and O–H groups in total. The van der Waals surface area contributed by atoms with Gasteiger partial charge in [0.05, 0.1) is 12.2 Å². The van der Waals surface area contributed by atoms with E-state index in [1.165, 1.54) is 0 Å². The van der Waals surface area contributed by atoms with Crippen LogP contribution in [-0.2, 0) is 9.47 Å². The van der Waals surface area contributed by atoms with E-state index in [1.54, 1.807) is 6.92 Å². The zero-order valence-corrected chi connectivity index (χ0v) is 15.3. The molecule has 148 valence electrons. The molecule has 0 spiro atoms. The first-order chi connectivity index (χ1) is 12.0. The van der Waals surface area contributed by atoms with Crippen LogP contribution >= 0.6 is 0 Å². The molecule has 2 fully saturated rings. The minimum atomic E-state index is -1.79. The van der Waals surface area contributed by atoms with Gasteiger partial charge in [-0.05, 0) is 50.9 Å². The maximum absolute atomic E-state index is 14.6. The van der Waals surface area contributed by atoms with Crippen LogP contribution in [0.5, 0.6) is 0 Å². The summed E-state index contributed by atoms with van der Waals surface area (Å²) in [5, 5.41) is 0. The molecule has 2 aliphatic carbocycles. The van der Waals surface area contributed by atoms with E-state index in [0.29, 0.717) is 38.9 Å². The van der Waals surface area contributed by atoms with Crippen LogP contribution in [0.3, 0.4) is 0 Å². The molecule has 0 radical (unpaired) electrons. The molecule has 8 unspecified atom stereocenters. The van der Waals surface area contributed by atoms with Crippen molar-refractivity contribution in [1.29, 1.82) is 0 Å². The smallest absolute Gasteiger partial charge is 0.157 e. The molecule has 6 heteroatoms. The summed E-state index contributed by atoms with van der Waals surface area (Å²) < 4.78 is 68.5. The number of halogens is 4. The highest BCUT2D eigenvalue weighted by atomic mass is 19.2. The van der Waals surface area contributed by atoms with Crippen LogP contribution in [0.25, 0.3) is 0 Å². The minimum absolute atomic E-state index is 0.321. The number of rotatable bonds is 8. The molecule has 0 aromatic rings. The molecule has 0 saturated heterocycles. The fourth-order valence-corrected chi connectivity index (χ4v) is 4.28. The van der Waals surface area contributed by atoms with E-state index >= 15 is 0 Å². The standard InChI is InChI=1S/C19H32F4O2/c1-3-5-6-11-25-15-10-8-13(17(21)19(15)23)12-7-9-14(24-4-2)18(22)16(12)20/h12-19H,3-11H2,1-2H3. The van der Waals surface area contributed by atoms with Gasteiger partial charge in [0.25, 0.3) is 0 Å². The lowest BCUT2D eigenvalue weighted by Crippen LogP contribution is -2.51. The van der Waals surface area contributed by atoms with Crippen molar-refractivity contribution in [1.82, 2.24) is 0 Å². The van der Waals surface area contributed by atoms with Crippen molar-refractivity contribution in [3.63, 3.8) is 0 Å². The van der Waals surface area contributed by atoms with E-state index in [4.69, 9.17) is 9.47 Å². The summed E-state index contributed by atoms with van der Waals surface area (Å²) >= 11 is 0. The van der Waals surface area contributed by atoms with Gasteiger partial charge < -0.3 is 9.47 Å². The van der Waals surface area contributed by atoms with Crippen LogP contribution in [0.15, 0.2) is 0 Å². The number of unbranched alkanes of at least 4 members (excludes halogenated alkanes) is 2. The summed E-state index contributed by atoms with van der Waals surface area (Å²) in [4.78, 5) is 0. The second kappa shape index (κ2) is 10.1. The zero-order chi connectivity index (χ0) is 18.4. The maximum Gasteiger partial charge on any atom is 0.157 e. The number of alkyl halides is 4. The monoisotopic (exact) mass is 368 g/mol. The van der Waals surface area contributed by atoms with E-state index in [1.807, 2.05) is 0 Å². The summed E-state index contributed by atoms with van der Waals surface area (Å²) in [6.07, 6.45) is -4.35. The Morgan fingerprint density at radius 2 is 1.20 bits per heavy atom. The summed E-state index contributed by atoms with van der Waals surface area (Å²) in [5.74, 6) is -1.55. The highest BCUT2D eigenvalue weighted by Gasteiger charge is 2.50. The summed E-state index contributed by atoms with van der Waals surface area (Å²) in [7, 11) is 0. The quantitative estimate of drug-likeness (QED) is 0.436. The van der Waals surface area contributed by atoms with Crippen molar-refractivity contribution in [2.24, 2.45) is 11.8 Å². The highest BCUT2D eigenvalue weighted by molar-refractivity contribution is 4.98. The van der Waals surface area contributed by atoms with Crippen molar-refractivity contribution in [2.45, 2.75) is 95.7 Å². The summed E-state index contributed by atoms with van der Waals surface area (Å²) in [6.45, 7) is 4.54. The average Bonchev–Trinajstić information content (AvgIpc) is 2.60. The predicted octanol–water partition coefficient (Wildman–Crippen LogP) is 5.14. The van der Waals surface area contributed by atoms with Gasteiger partial charge in [0.1, 0.15) is 12.3 Å². The van der Waals surface area contributed by atoms with E-state index in [9.17, 15) is 17.6 Å². The first kappa shape index (κ1) is 20.9. The molecule has 0 aromatic carbocycles. The second-order valence-electron chi connectivity index (χ2n) is 7.37. The van der Waals surface area contributed by atoms with Gasteiger partial charge in [-0.3, -0.25) is 0 Å². The van der Waals surface area contributed by atoms with Gasteiger partial charge in [0, 0.05) is 13.2 Å². The number of hydrogen-bond acceptors (Lipinski definition) is 2. The Labute approximate surface area is 148 Å². The third kappa shape index (κ3) is 5.09. The van der Waals surface area contributed by atoms with Crippen molar-refractivity contribution in [3.8, 4) is 0 Å². The number of hydrogen-bond donors (Lipinski definition) is 0. The lowest BCUT2D eigenvalue weighted by molar-refractivity contribution is -0.121. The molecular weight excluding hydrogens is 336 g/mol. The highest BCUT2D eigenvalue weighted by Crippen LogP contribution is 2.44. The molecule has 0 aliphatic heterocycles. The van der Waals surface area contributed by atoms with Gasteiger partial charge in [-0.1, -0.05) is 19.8 Å². The molecule has 2 aliphatic rings. The van der Waals surface area contributed by atoms with Gasteiger partial charge in [0.15, 0.2) is 12.3 Å². The molecule has 2 saturated carbocycles. The Balaban J connectivity index is 1.89. The number of ether oxygens (including phenoxy) is 2. The SMILES string of the molecule is CCCCCOC1CCC(C2CCC(OCC)C(F)C2F)C(F)C1F. The Morgan fingerprint density at radius 3 is 1.68 bits per heavy atom. The second-order valence-corrected chi connectivity index (χ2v) is 7.37. The molecule has 0 amide bonds. The molecule has 2 nitrogen and oxygen atoms in total. The molecule has 0 bridgehead atoms. The van der Waals surface area contributed by atoms with Crippen LogP contribution < -0.4 is 0 Å². The third-order valence-corrected chi connectivity index (χ3v) is 5.72. The Bertz CT molecular complexity index is 384. The molecular formula is C19H32F4O2. The average molecular weight is 368 g/mol. The van der Waals surface area contributed by atoms with Gasteiger partial charge in [-0.25, -0.2) is 17.6 Å². The molecule has 8 atom stereocenters. The van der Waals surface area contributed by atoms with Crippen LogP contribution in [0.1, 0.15) is 58.8 Å². The van der Waals surface area contributed by atoms with E-state index in [0.717, 1.165) is 19.3 Å². The van der Waals surface area contributed by atoms with Crippen molar-refractivity contribution in [2.75, 3.05) is 13.2 Å². The summed E-state index contributed by atoms with van der Waals surface area (Å²) in [6, 6.07) is 0. The van der Waals surface area contributed by atoms with Gasteiger partial charge >= 0.3 is 0 Å². The molecule has 0 aromatic heterocycles. The van der Waals surface area contributed by atoms with Gasteiger partial charge in [-0.2, -0.15) is 0 Å². The zero-order valence-electron chi connectivity index (χ0n) is 15.3. The largest absolute Gasteiger partial charge is 0.375 e. The Hall–Kier alpha value is -0.360.